The Balaban J connectivity index is 1.44. The molecule has 0 radical (unpaired) electrons. The molecule has 172 valence electrons. The van der Waals surface area contributed by atoms with E-state index < -0.39 is 0 Å². The minimum absolute atomic E-state index is 0.172. The van der Waals surface area contributed by atoms with Gasteiger partial charge in [-0.3, -0.25) is 9.79 Å². The van der Waals surface area contributed by atoms with Crippen molar-refractivity contribution in [1.29, 1.82) is 0 Å². The molecule has 0 spiro atoms. The SMILES string of the molecule is CCNC(=NCC(C)CN1CCN(CC)CC1)N1CCN(C(=O)C2CCCO2)CC1. The zero-order valence-electron chi connectivity index (χ0n) is 19.3. The van der Waals surface area contributed by atoms with Crippen LogP contribution in [0.15, 0.2) is 4.99 Å². The fraction of sp³-hybridized carbons (Fsp3) is 0.909. The van der Waals surface area contributed by atoms with Crippen LogP contribution in [0.25, 0.3) is 0 Å². The monoisotopic (exact) mass is 422 g/mol. The molecule has 0 saturated carbocycles. The van der Waals surface area contributed by atoms with Gasteiger partial charge in [-0.05, 0) is 32.2 Å². The zero-order chi connectivity index (χ0) is 21.3. The molecule has 3 saturated heterocycles. The number of hydrogen-bond donors (Lipinski definition) is 1. The van der Waals surface area contributed by atoms with E-state index in [0.717, 1.165) is 77.8 Å². The van der Waals surface area contributed by atoms with Crippen molar-refractivity contribution in [1.82, 2.24) is 24.9 Å². The van der Waals surface area contributed by atoms with Gasteiger partial charge in [0.1, 0.15) is 6.10 Å². The highest BCUT2D eigenvalue weighted by Gasteiger charge is 2.31. The third kappa shape index (κ3) is 6.56. The topological polar surface area (TPSA) is 63.7 Å². The number of nitrogens with zero attached hydrogens (tertiary/aromatic N) is 5. The molecule has 1 N–H and O–H groups in total. The number of piperazine rings is 2. The summed E-state index contributed by atoms with van der Waals surface area (Å²) in [6.45, 7) is 19.2. The molecule has 3 aliphatic rings. The van der Waals surface area contributed by atoms with Gasteiger partial charge >= 0.3 is 0 Å². The molecule has 0 aromatic heterocycles. The summed E-state index contributed by atoms with van der Waals surface area (Å²) < 4.78 is 5.57. The molecule has 1 amide bonds. The van der Waals surface area contributed by atoms with Gasteiger partial charge in [0.15, 0.2) is 5.96 Å². The van der Waals surface area contributed by atoms with Crippen LogP contribution in [0.3, 0.4) is 0 Å². The van der Waals surface area contributed by atoms with E-state index in [9.17, 15) is 4.79 Å². The van der Waals surface area contributed by atoms with Crippen molar-refractivity contribution in [3.05, 3.63) is 0 Å². The summed E-state index contributed by atoms with van der Waals surface area (Å²) in [6.07, 6.45) is 1.66. The molecular weight excluding hydrogens is 380 g/mol. The van der Waals surface area contributed by atoms with Gasteiger partial charge in [-0.1, -0.05) is 13.8 Å². The summed E-state index contributed by atoms with van der Waals surface area (Å²) in [5, 5.41) is 3.45. The standard InChI is InChI=1S/C22H42N6O2/c1-4-23-22(24-17-19(3)18-26-10-8-25(5-2)9-11-26)28-14-12-27(13-15-28)21(29)20-7-6-16-30-20/h19-20H,4-18H2,1-3H3,(H,23,24). The average Bonchev–Trinajstić information content (AvgIpc) is 3.32. The number of aliphatic imine (C=N–C) groups is 1. The number of hydrogen-bond acceptors (Lipinski definition) is 5. The van der Waals surface area contributed by atoms with Crippen molar-refractivity contribution in [2.75, 3.05) is 85.1 Å². The van der Waals surface area contributed by atoms with Crippen molar-refractivity contribution in [2.45, 2.75) is 39.7 Å². The summed E-state index contributed by atoms with van der Waals surface area (Å²) in [6, 6.07) is 0. The fourth-order valence-electron chi connectivity index (χ4n) is 4.57. The Bertz CT molecular complexity index is 550. The van der Waals surface area contributed by atoms with Crippen LogP contribution in [0.1, 0.15) is 33.6 Å². The van der Waals surface area contributed by atoms with E-state index in [4.69, 9.17) is 9.73 Å². The first-order chi connectivity index (χ1) is 14.6. The first kappa shape index (κ1) is 23.3. The number of carbonyl (C=O) groups is 1. The van der Waals surface area contributed by atoms with Crippen molar-refractivity contribution in [3.63, 3.8) is 0 Å². The van der Waals surface area contributed by atoms with Gasteiger partial charge < -0.3 is 29.7 Å². The molecular formula is C22H42N6O2. The maximum Gasteiger partial charge on any atom is 0.251 e. The second-order valence-electron chi connectivity index (χ2n) is 8.85. The van der Waals surface area contributed by atoms with Crippen LogP contribution in [0.4, 0.5) is 0 Å². The maximum absolute atomic E-state index is 12.6. The van der Waals surface area contributed by atoms with E-state index in [-0.39, 0.29) is 12.0 Å². The molecule has 2 atom stereocenters. The van der Waals surface area contributed by atoms with E-state index >= 15 is 0 Å². The minimum Gasteiger partial charge on any atom is -0.368 e. The average molecular weight is 423 g/mol. The lowest BCUT2D eigenvalue weighted by Gasteiger charge is -2.37. The van der Waals surface area contributed by atoms with Crippen LogP contribution in [0.2, 0.25) is 0 Å². The Labute approximate surface area is 182 Å². The van der Waals surface area contributed by atoms with E-state index in [2.05, 4.69) is 40.8 Å². The summed E-state index contributed by atoms with van der Waals surface area (Å²) in [5.74, 6) is 1.70. The fourth-order valence-corrected chi connectivity index (χ4v) is 4.57. The minimum atomic E-state index is -0.210. The number of amides is 1. The van der Waals surface area contributed by atoms with Crippen LogP contribution >= 0.6 is 0 Å². The zero-order valence-corrected chi connectivity index (χ0v) is 19.3. The number of guanidine groups is 1. The van der Waals surface area contributed by atoms with E-state index in [1.807, 2.05) is 4.90 Å². The maximum atomic E-state index is 12.6. The number of rotatable bonds is 7. The largest absolute Gasteiger partial charge is 0.368 e. The lowest BCUT2D eigenvalue weighted by atomic mass is 10.1. The molecule has 3 rings (SSSR count). The van der Waals surface area contributed by atoms with Crippen LogP contribution in [0.5, 0.6) is 0 Å². The molecule has 8 heteroatoms. The summed E-state index contributed by atoms with van der Waals surface area (Å²) in [7, 11) is 0. The molecule has 3 aliphatic heterocycles. The number of likely N-dealkylation sites (N-methyl/N-ethyl adjacent to an activating group) is 1. The van der Waals surface area contributed by atoms with Crippen molar-refractivity contribution < 1.29 is 9.53 Å². The molecule has 0 aliphatic carbocycles. The second kappa shape index (κ2) is 11.9. The Morgan fingerprint density at radius 2 is 1.70 bits per heavy atom. The lowest BCUT2D eigenvalue weighted by molar-refractivity contribution is -0.142. The Morgan fingerprint density at radius 3 is 2.30 bits per heavy atom. The highest BCUT2D eigenvalue weighted by atomic mass is 16.5. The summed E-state index contributed by atoms with van der Waals surface area (Å²) in [5.41, 5.74) is 0. The number of ether oxygens (including phenoxy) is 1. The van der Waals surface area contributed by atoms with Crippen LogP contribution < -0.4 is 5.32 Å². The van der Waals surface area contributed by atoms with Gasteiger partial charge in [0.05, 0.1) is 0 Å². The van der Waals surface area contributed by atoms with E-state index in [0.29, 0.717) is 5.92 Å². The molecule has 8 nitrogen and oxygen atoms in total. The summed E-state index contributed by atoms with van der Waals surface area (Å²) in [4.78, 5) is 26.9. The van der Waals surface area contributed by atoms with Crippen LogP contribution in [-0.4, -0.2) is 123 Å². The predicted octanol–water partition coefficient (Wildman–Crippen LogP) is 0.549. The van der Waals surface area contributed by atoms with Gasteiger partial charge in [0, 0.05) is 78.6 Å². The van der Waals surface area contributed by atoms with E-state index in [1.165, 1.54) is 26.2 Å². The number of nitrogens with one attached hydrogen (secondary N) is 1. The van der Waals surface area contributed by atoms with Gasteiger partial charge in [0.2, 0.25) is 0 Å². The van der Waals surface area contributed by atoms with Gasteiger partial charge in [-0.25, -0.2) is 0 Å². The molecule has 0 aromatic rings. The molecule has 3 heterocycles. The second-order valence-corrected chi connectivity index (χ2v) is 8.85. The molecule has 0 aromatic carbocycles. The molecule has 3 fully saturated rings. The van der Waals surface area contributed by atoms with Crippen molar-refractivity contribution in [2.24, 2.45) is 10.9 Å². The first-order valence-electron chi connectivity index (χ1n) is 12.0. The highest BCUT2D eigenvalue weighted by Crippen LogP contribution is 2.16. The molecule has 2 unspecified atom stereocenters. The third-order valence-electron chi connectivity index (χ3n) is 6.47. The quantitative estimate of drug-likeness (QED) is 0.478. The van der Waals surface area contributed by atoms with Crippen LogP contribution in [0, 0.1) is 5.92 Å². The van der Waals surface area contributed by atoms with E-state index in [1.54, 1.807) is 0 Å². The third-order valence-corrected chi connectivity index (χ3v) is 6.47. The summed E-state index contributed by atoms with van der Waals surface area (Å²) >= 11 is 0. The van der Waals surface area contributed by atoms with Gasteiger partial charge in [0.25, 0.3) is 5.91 Å². The smallest absolute Gasteiger partial charge is 0.251 e. The lowest BCUT2D eigenvalue weighted by Crippen LogP contribution is -2.55. The predicted molar refractivity (Wildman–Crippen MR) is 121 cm³/mol. The Kier molecular flexibility index (Phi) is 9.21. The van der Waals surface area contributed by atoms with Crippen LogP contribution in [-0.2, 0) is 9.53 Å². The Hall–Kier alpha value is -1.38. The molecule has 30 heavy (non-hydrogen) atoms. The van der Waals surface area contributed by atoms with Gasteiger partial charge in [-0.2, -0.15) is 0 Å². The molecule has 0 bridgehead atoms. The van der Waals surface area contributed by atoms with Crippen molar-refractivity contribution in [3.8, 4) is 0 Å². The van der Waals surface area contributed by atoms with Gasteiger partial charge in [-0.15, -0.1) is 0 Å². The van der Waals surface area contributed by atoms with Crippen molar-refractivity contribution >= 4 is 11.9 Å². The number of carbonyl (C=O) groups excluding carboxylic acids is 1. The Morgan fingerprint density at radius 1 is 1.03 bits per heavy atom. The first-order valence-corrected chi connectivity index (χ1v) is 12.0. The normalized spacial score (nSPS) is 25.6. The highest BCUT2D eigenvalue weighted by molar-refractivity contribution is 5.82.